The summed E-state index contributed by atoms with van der Waals surface area (Å²) in [6, 6.07) is 18.7. The van der Waals surface area contributed by atoms with E-state index >= 15 is 0 Å². The highest BCUT2D eigenvalue weighted by Gasteiger charge is 2.07. The van der Waals surface area contributed by atoms with Crippen LogP contribution in [-0.2, 0) is 24.4 Å². The summed E-state index contributed by atoms with van der Waals surface area (Å²) >= 11 is 0. The number of carbonyl (C=O) groups is 2. The molecule has 8 heteroatoms. The zero-order chi connectivity index (χ0) is 21.5. The van der Waals surface area contributed by atoms with Crippen LogP contribution in [0.5, 0.6) is 0 Å². The van der Waals surface area contributed by atoms with Gasteiger partial charge in [0.25, 0.3) is 0 Å². The Hall–Kier alpha value is -4.20. The second-order valence-corrected chi connectivity index (χ2v) is 6.97. The van der Waals surface area contributed by atoms with Crippen molar-refractivity contribution in [1.29, 1.82) is 0 Å². The Morgan fingerprint density at radius 3 is 2.65 bits per heavy atom. The molecule has 2 heterocycles. The van der Waals surface area contributed by atoms with Gasteiger partial charge < -0.3 is 16.0 Å². The fourth-order valence-corrected chi connectivity index (χ4v) is 3.23. The van der Waals surface area contributed by atoms with E-state index in [9.17, 15) is 9.59 Å². The molecule has 4 aromatic rings. The highest BCUT2D eigenvalue weighted by Crippen LogP contribution is 2.16. The van der Waals surface area contributed by atoms with Gasteiger partial charge in [-0.05, 0) is 35.2 Å². The first-order valence-electron chi connectivity index (χ1n) is 9.88. The van der Waals surface area contributed by atoms with Crippen molar-refractivity contribution >= 4 is 28.4 Å². The molecule has 0 saturated carbocycles. The summed E-state index contributed by atoms with van der Waals surface area (Å²) in [5.41, 5.74) is 2.35. The Bertz CT molecular complexity index is 1180. The van der Waals surface area contributed by atoms with Crippen LogP contribution >= 0.6 is 0 Å². The Morgan fingerprint density at radius 1 is 0.903 bits per heavy atom. The molecule has 2 aromatic carbocycles. The summed E-state index contributed by atoms with van der Waals surface area (Å²) < 4.78 is 1.55. The number of amides is 3. The van der Waals surface area contributed by atoms with Crippen molar-refractivity contribution in [2.45, 2.75) is 19.6 Å². The van der Waals surface area contributed by atoms with Crippen LogP contribution in [0.4, 0.5) is 10.5 Å². The van der Waals surface area contributed by atoms with Crippen molar-refractivity contribution in [1.82, 2.24) is 25.4 Å². The number of nitrogens with zero attached hydrogens (tertiary/aromatic N) is 3. The zero-order valence-electron chi connectivity index (χ0n) is 16.8. The first-order chi connectivity index (χ1) is 15.2. The number of pyridine rings is 1. The quantitative estimate of drug-likeness (QED) is 0.433. The van der Waals surface area contributed by atoms with Gasteiger partial charge in [0.05, 0.1) is 12.2 Å². The molecule has 0 unspecified atom stereocenters. The molecule has 0 aliphatic carbocycles. The molecule has 2 aromatic heterocycles. The molecule has 31 heavy (non-hydrogen) atoms. The molecule has 0 bridgehead atoms. The van der Waals surface area contributed by atoms with Crippen LogP contribution in [0, 0.1) is 0 Å². The van der Waals surface area contributed by atoms with Gasteiger partial charge >= 0.3 is 6.03 Å². The van der Waals surface area contributed by atoms with Crippen LogP contribution < -0.4 is 16.0 Å². The van der Waals surface area contributed by atoms with Gasteiger partial charge in [0.1, 0.15) is 6.54 Å². The minimum atomic E-state index is -0.289. The molecule has 0 fully saturated rings. The number of rotatable bonds is 7. The average Bonchev–Trinajstić information content (AvgIpc) is 3.29. The van der Waals surface area contributed by atoms with Crippen molar-refractivity contribution < 1.29 is 9.59 Å². The fourth-order valence-electron chi connectivity index (χ4n) is 3.23. The molecule has 4 rings (SSSR count). The van der Waals surface area contributed by atoms with Crippen LogP contribution in [0.15, 0.2) is 79.3 Å². The number of anilines is 1. The molecule has 0 saturated heterocycles. The number of urea groups is 1. The second kappa shape index (κ2) is 9.53. The van der Waals surface area contributed by atoms with E-state index in [1.807, 2.05) is 48.5 Å². The summed E-state index contributed by atoms with van der Waals surface area (Å²) in [5, 5.41) is 14.6. The van der Waals surface area contributed by atoms with Gasteiger partial charge in [-0.15, -0.1) is 0 Å². The molecule has 3 amide bonds. The monoisotopic (exact) mass is 414 g/mol. The summed E-state index contributed by atoms with van der Waals surface area (Å²) in [6.07, 6.45) is 5.09. The molecule has 0 radical (unpaired) electrons. The highest BCUT2D eigenvalue weighted by atomic mass is 16.2. The molecule has 0 spiro atoms. The van der Waals surface area contributed by atoms with Gasteiger partial charge in [0.2, 0.25) is 5.91 Å². The standard InChI is InChI=1S/C23H22N6O2/c30-22(16-29-12-4-10-27-29)28-19-7-3-5-17(13-19)14-25-23(31)26-15-21-20-8-2-1-6-18(20)9-11-24-21/h1-13H,14-16H2,(H,28,30)(H2,25,26,31). The van der Waals surface area contributed by atoms with E-state index in [0.29, 0.717) is 18.8 Å². The lowest BCUT2D eigenvalue weighted by molar-refractivity contribution is -0.116. The normalized spacial score (nSPS) is 10.6. The molecule has 0 aliphatic heterocycles. The van der Waals surface area contributed by atoms with Gasteiger partial charge in [-0.25, -0.2) is 4.79 Å². The predicted molar refractivity (Wildman–Crippen MR) is 118 cm³/mol. The van der Waals surface area contributed by atoms with E-state index in [1.54, 1.807) is 35.4 Å². The van der Waals surface area contributed by atoms with Crippen molar-refractivity contribution in [3.63, 3.8) is 0 Å². The van der Waals surface area contributed by atoms with E-state index in [-0.39, 0.29) is 18.5 Å². The lowest BCUT2D eigenvalue weighted by Crippen LogP contribution is -2.34. The first-order valence-corrected chi connectivity index (χ1v) is 9.88. The largest absolute Gasteiger partial charge is 0.334 e. The number of benzene rings is 2. The molecule has 0 aliphatic rings. The van der Waals surface area contributed by atoms with E-state index in [4.69, 9.17) is 0 Å². The number of hydrogen-bond acceptors (Lipinski definition) is 4. The van der Waals surface area contributed by atoms with Gasteiger partial charge in [-0.1, -0.05) is 36.4 Å². The third-order valence-electron chi connectivity index (χ3n) is 4.70. The van der Waals surface area contributed by atoms with Crippen molar-refractivity contribution in [3.05, 3.63) is 90.5 Å². The van der Waals surface area contributed by atoms with Crippen LogP contribution in [0.2, 0.25) is 0 Å². The van der Waals surface area contributed by atoms with Crippen LogP contribution in [-0.4, -0.2) is 26.7 Å². The third-order valence-corrected chi connectivity index (χ3v) is 4.70. The molecular formula is C23H22N6O2. The van der Waals surface area contributed by atoms with Crippen molar-refractivity contribution in [2.75, 3.05) is 5.32 Å². The second-order valence-electron chi connectivity index (χ2n) is 6.97. The molecular weight excluding hydrogens is 392 g/mol. The maximum Gasteiger partial charge on any atom is 0.315 e. The number of fused-ring (bicyclic) bond motifs is 1. The predicted octanol–water partition coefficient (Wildman–Crippen LogP) is 3.07. The maximum absolute atomic E-state index is 12.2. The minimum Gasteiger partial charge on any atom is -0.334 e. The van der Waals surface area contributed by atoms with Crippen molar-refractivity contribution in [3.8, 4) is 0 Å². The van der Waals surface area contributed by atoms with E-state index in [0.717, 1.165) is 22.0 Å². The van der Waals surface area contributed by atoms with Gasteiger partial charge in [-0.3, -0.25) is 14.5 Å². The molecule has 3 N–H and O–H groups in total. The summed E-state index contributed by atoms with van der Waals surface area (Å²) in [7, 11) is 0. The minimum absolute atomic E-state index is 0.139. The zero-order valence-corrected chi connectivity index (χ0v) is 16.8. The van der Waals surface area contributed by atoms with E-state index in [2.05, 4.69) is 26.0 Å². The van der Waals surface area contributed by atoms with Crippen molar-refractivity contribution in [2.24, 2.45) is 0 Å². The number of hydrogen-bond donors (Lipinski definition) is 3. The van der Waals surface area contributed by atoms with Crippen LogP contribution in [0.25, 0.3) is 10.8 Å². The van der Waals surface area contributed by atoms with E-state index < -0.39 is 0 Å². The summed E-state index contributed by atoms with van der Waals surface area (Å²) in [4.78, 5) is 28.7. The third kappa shape index (κ3) is 5.45. The average molecular weight is 414 g/mol. The smallest absolute Gasteiger partial charge is 0.315 e. The molecule has 156 valence electrons. The van der Waals surface area contributed by atoms with Gasteiger partial charge in [0, 0.05) is 36.2 Å². The summed E-state index contributed by atoms with van der Waals surface area (Å²) in [6.45, 7) is 0.800. The van der Waals surface area contributed by atoms with E-state index in [1.165, 1.54) is 0 Å². The van der Waals surface area contributed by atoms with Gasteiger partial charge in [-0.2, -0.15) is 5.10 Å². The maximum atomic E-state index is 12.2. The van der Waals surface area contributed by atoms with Crippen LogP contribution in [0.3, 0.4) is 0 Å². The molecule has 8 nitrogen and oxygen atoms in total. The topological polar surface area (TPSA) is 101 Å². The Balaban J connectivity index is 1.28. The van der Waals surface area contributed by atoms with Gasteiger partial charge in [0.15, 0.2) is 0 Å². The number of aromatic nitrogens is 3. The van der Waals surface area contributed by atoms with Crippen LogP contribution in [0.1, 0.15) is 11.3 Å². The Labute approximate surface area is 179 Å². The fraction of sp³-hybridized carbons (Fsp3) is 0.130. The molecule has 0 atom stereocenters. The summed E-state index contributed by atoms with van der Waals surface area (Å²) in [5.74, 6) is -0.172. The SMILES string of the molecule is O=C(Cn1cccn1)Nc1cccc(CNC(=O)NCc2nccc3ccccc23)c1. The number of carbonyl (C=O) groups excluding carboxylic acids is 2. The Morgan fingerprint density at radius 2 is 1.77 bits per heavy atom. The first kappa shape index (κ1) is 20.1. The lowest BCUT2D eigenvalue weighted by Gasteiger charge is -2.10. The lowest BCUT2D eigenvalue weighted by atomic mass is 10.1. The highest BCUT2D eigenvalue weighted by molar-refractivity contribution is 5.90. The Kier molecular flexibility index (Phi) is 6.18. The number of nitrogens with one attached hydrogen (secondary N) is 3.